The Hall–Kier alpha value is -4.45. The monoisotopic (exact) mass is 520 g/mol. The minimum Gasteiger partial charge on any atom is -0.350 e. The number of pyridine rings is 2. The maximum absolute atomic E-state index is 12.6. The van der Waals surface area contributed by atoms with Gasteiger partial charge in [-0.2, -0.15) is 15.5 Å². The Morgan fingerprint density at radius 2 is 1.92 bits per heavy atom. The fourth-order valence-electron chi connectivity index (χ4n) is 6.33. The van der Waals surface area contributed by atoms with Gasteiger partial charge in [0.1, 0.15) is 11.9 Å². The zero-order valence-corrected chi connectivity index (χ0v) is 22.5. The minimum atomic E-state index is -0.231. The molecule has 0 spiro atoms. The van der Waals surface area contributed by atoms with Crippen molar-refractivity contribution in [2.24, 2.45) is 13.0 Å². The molecule has 1 N–H and O–H groups in total. The summed E-state index contributed by atoms with van der Waals surface area (Å²) < 4.78 is 3.53. The highest BCUT2D eigenvalue weighted by atomic mass is 16.2. The van der Waals surface area contributed by atoms with Crippen molar-refractivity contribution < 1.29 is 4.79 Å². The van der Waals surface area contributed by atoms with E-state index in [9.17, 15) is 10.1 Å². The van der Waals surface area contributed by atoms with Gasteiger partial charge >= 0.3 is 0 Å². The van der Waals surface area contributed by atoms with Crippen LogP contribution in [0.1, 0.15) is 45.1 Å². The van der Waals surface area contributed by atoms with E-state index in [1.165, 1.54) is 0 Å². The smallest absolute Gasteiger partial charge is 0.227 e. The number of nitriles is 1. The summed E-state index contributed by atoms with van der Waals surface area (Å²) in [5.74, 6) is 0.791. The van der Waals surface area contributed by atoms with Crippen LogP contribution in [0.15, 0.2) is 61.8 Å². The number of carbonyl (C=O) groups excluding carboxylic acids is 1. The predicted octanol–water partition coefficient (Wildman–Crippen LogP) is 4.50. The molecule has 2 aliphatic heterocycles. The molecule has 4 aromatic rings. The van der Waals surface area contributed by atoms with Gasteiger partial charge in [-0.15, -0.1) is 6.58 Å². The van der Waals surface area contributed by atoms with E-state index < -0.39 is 0 Å². The number of nitrogens with zero attached hydrogens (tertiary/aromatic N) is 7. The van der Waals surface area contributed by atoms with Crippen molar-refractivity contribution in [3.05, 3.63) is 67.4 Å². The Bertz CT molecular complexity index is 1590. The Kier molecular flexibility index (Phi) is 5.98. The quantitative estimate of drug-likeness (QED) is 0.376. The van der Waals surface area contributed by atoms with E-state index in [4.69, 9.17) is 4.98 Å². The van der Waals surface area contributed by atoms with Gasteiger partial charge < -0.3 is 10.2 Å². The lowest BCUT2D eigenvalue weighted by molar-refractivity contribution is -0.125. The van der Waals surface area contributed by atoms with Crippen molar-refractivity contribution in [1.29, 1.82) is 5.26 Å². The van der Waals surface area contributed by atoms with Gasteiger partial charge in [0.25, 0.3) is 0 Å². The molecule has 4 aromatic heterocycles. The second kappa shape index (κ2) is 9.38. The normalized spacial score (nSPS) is 23.0. The van der Waals surface area contributed by atoms with Gasteiger partial charge in [-0.1, -0.05) is 13.0 Å². The molecule has 2 aliphatic rings. The summed E-state index contributed by atoms with van der Waals surface area (Å²) in [6.45, 7) is 7.81. The van der Waals surface area contributed by atoms with Crippen molar-refractivity contribution in [3.8, 4) is 28.3 Å². The van der Waals surface area contributed by atoms with Crippen LogP contribution in [0.4, 0.5) is 5.82 Å². The predicted molar refractivity (Wildman–Crippen MR) is 150 cm³/mol. The summed E-state index contributed by atoms with van der Waals surface area (Å²) in [5, 5.41) is 21.8. The molecular weight excluding hydrogens is 488 g/mol. The number of piperidine rings is 1. The lowest BCUT2D eigenvalue weighted by Crippen LogP contribution is -2.58. The topological polar surface area (TPSA) is 104 Å². The van der Waals surface area contributed by atoms with E-state index in [1.54, 1.807) is 21.5 Å². The number of hydrogen-bond donors (Lipinski definition) is 1. The van der Waals surface area contributed by atoms with E-state index in [-0.39, 0.29) is 17.4 Å². The first kappa shape index (κ1) is 24.9. The van der Waals surface area contributed by atoms with Crippen molar-refractivity contribution in [3.63, 3.8) is 0 Å². The number of aryl methyl sites for hydroxylation is 1. The van der Waals surface area contributed by atoms with Crippen molar-refractivity contribution in [2.75, 3.05) is 4.90 Å². The molecule has 0 saturated carbocycles. The van der Waals surface area contributed by atoms with Gasteiger partial charge in [-0.05, 0) is 50.8 Å². The lowest BCUT2D eigenvalue weighted by atomic mass is 9.84. The fourth-order valence-corrected chi connectivity index (χ4v) is 6.33. The highest BCUT2D eigenvalue weighted by Gasteiger charge is 2.47. The van der Waals surface area contributed by atoms with Crippen molar-refractivity contribution in [1.82, 2.24) is 29.7 Å². The van der Waals surface area contributed by atoms with Crippen LogP contribution in [0.25, 0.3) is 27.8 Å². The number of rotatable bonds is 6. The second-order valence-corrected chi connectivity index (χ2v) is 11.2. The van der Waals surface area contributed by atoms with Crippen molar-refractivity contribution in [2.45, 2.75) is 57.2 Å². The number of nitrogens with one attached hydrogen (secondary N) is 1. The average molecular weight is 521 g/mol. The van der Waals surface area contributed by atoms with Crippen LogP contribution in [-0.4, -0.2) is 47.9 Å². The van der Waals surface area contributed by atoms with Crippen LogP contribution >= 0.6 is 0 Å². The number of aromatic nitrogens is 5. The molecule has 198 valence electrons. The molecule has 6 rings (SSSR count). The van der Waals surface area contributed by atoms with Crippen LogP contribution in [-0.2, 0) is 11.8 Å². The zero-order valence-electron chi connectivity index (χ0n) is 22.5. The first-order valence-electron chi connectivity index (χ1n) is 13.4. The number of fused-ring (bicyclic) bond motifs is 3. The highest BCUT2D eigenvalue weighted by molar-refractivity contribution is 5.87. The molecule has 6 heterocycles. The first-order valence-corrected chi connectivity index (χ1v) is 13.4. The summed E-state index contributed by atoms with van der Waals surface area (Å²) in [7, 11) is 1.89. The number of hydrogen-bond acceptors (Lipinski definition) is 6. The Balaban J connectivity index is 1.30. The Morgan fingerprint density at radius 1 is 1.15 bits per heavy atom. The number of anilines is 1. The Morgan fingerprint density at radius 3 is 2.54 bits per heavy atom. The number of amides is 1. The summed E-state index contributed by atoms with van der Waals surface area (Å²) in [6, 6.07) is 9.17. The van der Waals surface area contributed by atoms with Crippen LogP contribution < -0.4 is 10.2 Å². The largest absolute Gasteiger partial charge is 0.350 e. The molecule has 9 nitrogen and oxygen atoms in total. The van der Waals surface area contributed by atoms with E-state index in [0.717, 1.165) is 59.3 Å². The summed E-state index contributed by atoms with van der Waals surface area (Å²) in [4.78, 5) is 20.0. The van der Waals surface area contributed by atoms with Gasteiger partial charge in [0.15, 0.2) is 0 Å². The molecular formula is C30H32N8O. The van der Waals surface area contributed by atoms with E-state index in [2.05, 4.69) is 58.2 Å². The zero-order chi connectivity index (χ0) is 27.3. The molecule has 3 atom stereocenters. The van der Waals surface area contributed by atoms with Gasteiger partial charge in [0.2, 0.25) is 5.91 Å². The average Bonchev–Trinajstić information content (AvgIpc) is 3.63. The van der Waals surface area contributed by atoms with Crippen molar-refractivity contribution >= 4 is 17.2 Å². The standard InChI is InChI=1S/C30H32N8O/c1-5-19(2)29(39)35-30(3)11-24-7-8-25(12-30)38(24)27-9-6-20(14-32-27)26-10-21(23-16-33-36(4)17-23)18-37-28(26)22(13-31)15-34-37/h5-6,9-10,14-19,24-25H,1,7-8,11-12H2,2-4H3,(H,35,39). The molecule has 0 radical (unpaired) electrons. The highest BCUT2D eigenvalue weighted by Crippen LogP contribution is 2.43. The first-order chi connectivity index (χ1) is 18.8. The second-order valence-electron chi connectivity index (χ2n) is 11.2. The summed E-state index contributed by atoms with van der Waals surface area (Å²) in [5.41, 5.74) is 4.81. The molecule has 2 fully saturated rings. The Labute approximate surface area is 227 Å². The van der Waals surface area contributed by atoms with Gasteiger partial charge in [0, 0.05) is 65.5 Å². The summed E-state index contributed by atoms with van der Waals surface area (Å²) >= 11 is 0. The third-order valence-corrected chi connectivity index (χ3v) is 8.28. The minimum absolute atomic E-state index is 0.0410. The lowest BCUT2D eigenvalue weighted by Gasteiger charge is -2.46. The van der Waals surface area contributed by atoms with Gasteiger partial charge in [-0.25, -0.2) is 9.50 Å². The summed E-state index contributed by atoms with van der Waals surface area (Å²) in [6.07, 6.45) is 14.8. The van der Waals surface area contributed by atoms with Crippen LogP contribution in [0, 0.1) is 17.2 Å². The van der Waals surface area contributed by atoms with Gasteiger partial charge in [0.05, 0.1) is 29.4 Å². The molecule has 1 amide bonds. The molecule has 0 aliphatic carbocycles. The maximum Gasteiger partial charge on any atom is 0.227 e. The molecule has 3 unspecified atom stereocenters. The molecule has 9 heteroatoms. The van der Waals surface area contributed by atoms with Crippen LogP contribution in [0.5, 0.6) is 0 Å². The van der Waals surface area contributed by atoms with E-state index >= 15 is 0 Å². The SMILES string of the molecule is C=CC(C)C(=O)NC1(C)CC2CCC(C1)N2c1ccc(-c2cc(-c3cnn(C)c3)cn3ncc(C#N)c23)cn1. The van der Waals surface area contributed by atoms with Crippen LogP contribution in [0.2, 0.25) is 0 Å². The van der Waals surface area contributed by atoms with E-state index in [0.29, 0.717) is 17.6 Å². The molecule has 39 heavy (non-hydrogen) atoms. The number of carbonyl (C=O) groups is 1. The third-order valence-electron chi connectivity index (χ3n) is 8.28. The van der Waals surface area contributed by atoms with Crippen LogP contribution in [0.3, 0.4) is 0 Å². The molecule has 2 saturated heterocycles. The molecule has 2 bridgehead atoms. The maximum atomic E-state index is 12.6. The molecule has 0 aromatic carbocycles. The fraction of sp³-hybridized carbons (Fsp3) is 0.367. The third kappa shape index (κ3) is 4.36. The van der Waals surface area contributed by atoms with Gasteiger partial charge in [-0.3, -0.25) is 9.48 Å². The van der Waals surface area contributed by atoms with E-state index in [1.807, 2.05) is 38.8 Å².